The highest BCUT2D eigenvalue weighted by Gasteiger charge is 2.19. The maximum atomic E-state index is 12.9. The normalized spacial score (nSPS) is 12.7. The molecule has 0 saturated heterocycles. The van der Waals surface area contributed by atoms with E-state index in [0.717, 1.165) is 103 Å². The van der Waals surface area contributed by atoms with Gasteiger partial charge < -0.3 is 14.2 Å². The molecule has 6 nitrogen and oxygen atoms in total. The van der Waals surface area contributed by atoms with Crippen LogP contribution < -0.4 is 0 Å². The molecule has 0 amide bonds. The van der Waals surface area contributed by atoms with E-state index in [1.165, 1.54) is 167 Å². The predicted octanol–water partition coefficient (Wildman–Crippen LogP) is 22.4. The molecule has 0 spiro atoms. The van der Waals surface area contributed by atoms with Crippen LogP contribution in [0, 0.1) is 0 Å². The lowest BCUT2D eigenvalue weighted by atomic mass is 10.0. The quantitative estimate of drug-likeness (QED) is 0.0261. The molecule has 0 aliphatic heterocycles. The third-order valence-electron chi connectivity index (χ3n) is 14.1. The van der Waals surface area contributed by atoms with Crippen molar-refractivity contribution in [2.45, 2.75) is 322 Å². The Morgan fingerprint density at radius 3 is 0.818 bits per heavy atom. The Kier molecular flexibility index (Phi) is 61.8. The highest BCUT2D eigenvalue weighted by Crippen LogP contribution is 2.17. The Balaban J connectivity index is 4.26. The van der Waals surface area contributed by atoms with E-state index in [0.29, 0.717) is 19.3 Å². The number of carbonyl (C=O) groups excluding carboxylic acids is 3. The molecule has 442 valence electrons. The molecule has 1 atom stereocenters. The Morgan fingerprint density at radius 1 is 0.273 bits per heavy atom. The van der Waals surface area contributed by atoms with Crippen molar-refractivity contribution in [3.05, 3.63) is 97.2 Å². The molecule has 0 aromatic rings. The minimum Gasteiger partial charge on any atom is -0.462 e. The molecular formula is C71H122O6. The number of hydrogen-bond donors (Lipinski definition) is 0. The number of hydrogen-bond acceptors (Lipinski definition) is 6. The molecule has 0 fully saturated rings. The largest absolute Gasteiger partial charge is 0.462 e. The number of ether oxygens (including phenoxy) is 3. The highest BCUT2D eigenvalue weighted by molar-refractivity contribution is 5.71. The van der Waals surface area contributed by atoms with Gasteiger partial charge in [0.05, 0.1) is 0 Å². The Labute approximate surface area is 477 Å². The molecule has 0 saturated carbocycles. The van der Waals surface area contributed by atoms with Crippen LogP contribution in [0.2, 0.25) is 0 Å². The Hall–Kier alpha value is -3.67. The Morgan fingerprint density at radius 2 is 0.506 bits per heavy atom. The zero-order valence-electron chi connectivity index (χ0n) is 50.7. The summed E-state index contributed by atoms with van der Waals surface area (Å²) in [5.41, 5.74) is 0. The van der Waals surface area contributed by atoms with E-state index < -0.39 is 6.10 Å². The molecular weight excluding hydrogens is 949 g/mol. The lowest BCUT2D eigenvalue weighted by Gasteiger charge is -2.18. The van der Waals surface area contributed by atoms with Crippen molar-refractivity contribution in [2.24, 2.45) is 0 Å². The first-order chi connectivity index (χ1) is 38.0. The van der Waals surface area contributed by atoms with Crippen LogP contribution in [-0.4, -0.2) is 37.2 Å². The summed E-state index contributed by atoms with van der Waals surface area (Å²) >= 11 is 0. The van der Waals surface area contributed by atoms with Crippen LogP contribution in [0.4, 0.5) is 0 Å². The summed E-state index contributed by atoms with van der Waals surface area (Å²) < 4.78 is 16.9. The predicted molar refractivity (Wildman–Crippen MR) is 334 cm³/mol. The standard InChI is InChI=1S/C71H122O6/c1-4-7-10-13-16-19-22-25-28-29-30-31-32-33-34-35-36-37-38-39-40-41-44-46-49-52-55-58-61-64-70(73)76-67-68(77-71(74)65-62-59-56-53-50-47-43-27-24-21-18-15-12-9-6-3)66-75-69(72)63-60-57-54-51-48-45-42-26-23-20-17-14-11-8-5-2/h7,9-10,12,16,18-19,21,25,27-28,30-31,43,50,53,68H,4-6,8,11,13-15,17,20,22-24,26,29,32-42,44-49,51-52,54-67H2,1-3H3/b10-7-,12-9-,19-16-,21-18-,28-25-,31-30-,43-27-,53-50-. The van der Waals surface area contributed by atoms with Crippen molar-refractivity contribution >= 4 is 17.9 Å². The van der Waals surface area contributed by atoms with E-state index >= 15 is 0 Å². The van der Waals surface area contributed by atoms with Gasteiger partial charge in [-0.25, -0.2) is 0 Å². The van der Waals surface area contributed by atoms with E-state index in [9.17, 15) is 14.4 Å². The van der Waals surface area contributed by atoms with E-state index in [1.54, 1.807) is 0 Å². The molecule has 1 unspecified atom stereocenters. The van der Waals surface area contributed by atoms with Gasteiger partial charge in [-0.15, -0.1) is 0 Å². The summed E-state index contributed by atoms with van der Waals surface area (Å²) in [4.78, 5) is 38.3. The SMILES string of the molecule is CC/C=C\C/C=C\C/C=C\C/C=C\CCCCCCCCCCCCCCCCCCC(=O)OCC(COC(=O)CCCCCCCCCCCCCCCCC)OC(=O)CCCC/C=C\C/C=C\C/C=C\C/C=C\CC. The van der Waals surface area contributed by atoms with Crippen LogP contribution in [0.1, 0.15) is 316 Å². The molecule has 6 heteroatoms. The average Bonchev–Trinajstić information content (AvgIpc) is 3.43. The zero-order valence-corrected chi connectivity index (χ0v) is 50.7. The molecule has 0 aromatic heterocycles. The van der Waals surface area contributed by atoms with E-state index in [4.69, 9.17) is 14.2 Å². The minimum atomic E-state index is -0.798. The molecule has 0 aliphatic carbocycles. The second-order valence-corrected chi connectivity index (χ2v) is 21.6. The van der Waals surface area contributed by atoms with Gasteiger partial charge in [0.15, 0.2) is 6.10 Å². The van der Waals surface area contributed by atoms with Crippen molar-refractivity contribution in [3.63, 3.8) is 0 Å². The molecule has 0 aromatic carbocycles. The fourth-order valence-corrected chi connectivity index (χ4v) is 9.25. The molecule has 77 heavy (non-hydrogen) atoms. The lowest BCUT2D eigenvalue weighted by molar-refractivity contribution is -0.167. The number of rotatable bonds is 59. The zero-order chi connectivity index (χ0) is 55.7. The highest BCUT2D eigenvalue weighted by atomic mass is 16.6. The number of carbonyl (C=O) groups is 3. The van der Waals surface area contributed by atoms with Crippen molar-refractivity contribution in [3.8, 4) is 0 Å². The summed E-state index contributed by atoms with van der Waals surface area (Å²) in [6, 6.07) is 0. The molecule has 0 bridgehead atoms. The van der Waals surface area contributed by atoms with Crippen LogP contribution in [0.3, 0.4) is 0 Å². The summed E-state index contributed by atoms with van der Waals surface area (Å²) in [6.45, 7) is 6.41. The smallest absolute Gasteiger partial charge is 0.306 e. The fourth-order valence-electron chi connectivity index (χ4n) is 9.25. The van der Waals surface area contributed by atoms with Gasteiger partial charge >= 0.3 is 17.9 Å². The van der Waals surface area contributed by atoms with Gasteiger partial charge in [0.1, 0.15) is 13.2 Å². The van der Waals surface area contributed by atoms with E-state index in [2.05, 4.69) is 118 Å². The molecule has 0 heterocycles. The summed E-state index contributed by atoms with van der Waals surface area (Å²) in [7, 11) is 0. The van der Waals surface area contributed by atoms with Gasteiger partial charge in [-0.05, 0) is 96.3 Å². The van der Waals surface area contributed by atoms with Crippen molar-refractivity contribution in [1.82, 2.24) is 0 Å². The van der Waals surface area contributed by atoms with Crippen LogP contribution in [0.5, 0.6) is 0 Å². The number of unbranched alkanes of at least 4 members (excludes halogenated alkanes) is 32. The minimum absolute atomic E-state index is 0.0901. The first-order valence-electron chi connectivity index (χ1n) is 32.7. The second kappa shape index (κ2) is 64.9. The average molecular weight is 1070 g/mol. The first kappa shape index (κ1) is 73.3. The van der Waals surface area contributed by atoms with Gasteiger partial charge in [0.2, 0.25) is 0 Å². The van der Waals surface area contributed by atoms with Gasteiger partial charge in [0.25, 0.3) is 0 Å². The maximum absolute atomic E-state index is 12.9. The van der Waals surface area contributed by atoms with Gasteiger partial charge in [-0.3, -0.25) is 14.4 Å². The van der Waals surface area contributed by atoms with Gasteiger partial charge in [-0.2, -0.15) is 0 Å². The number of esters is 3. The van der Waals surface area contributed by atoms with Gasteiger partial charge in [0, 0.05) is 19.3 Å². The van der Waals surface area contributed by atoms with Crippen molar-refractivity contribution in [1.29, 1.82) is 0 Å². The van der Waals surface area contributed by atoms with Crippen LogP contribution in [-0.2, 0) is 28.6 Å². The lowest BCUT2D eigenvalue weighted by Crippen LogP contribution is -2.30. The summed E-state index contributed by atoms with van der Waals surface area (Å²) in [5.74, 6) is -0.919. The monoisotopic (exact) mass is 1070 g/mol. The molecule has 0 rings (SSSR count). The molecule has 0 radical (unpaired) electrons. The topological polar surface area (TPSA) is 78.9 Å². The Bertz CT molecular complexity index is 1510. The van der Waals surface area contributed by atoms with Crippen molar-refractivity contribution in [2.75, 3.05) is 13.2 Å². The van der Waals surface area contributed by atoms with Crippen LogP contribution >= 0.6 is 0 Å². The fraction of sp³-hybridized carbons (Fsp3) is 0.732. The molecule has 0 aliphatic rings. The molecule has 0 N–H and O–H groups in total. The van der Waals surface area contributed by atoms with E-state index in [-0.39, 0.29) is 37.5 Å². The van der Waals surface area contributed by atoms with E-state index in [1.807, 2.05) is 0 Å². The van der Waals surface area contributed by atoms with Crippen LogP contribution in [0.15, 0.2) is 97.2 Å². The van der Waals surface area contributed by atoms with Crippen LogP contribution in [0.25, 0.3) is 0 Å². The third-order valence-corrected chi connectivity index (χ3v) is 14.1. The summed E-state index contributed by atoms with van der Waals surface area (Å²) in [5, 5.41) is 0. The maximum Gasteiger partial charge on any atom is 0.306 e. The summed E-state index contributed by atoms with van der Waals surface area (Å²) in [6.07, 6.45) is 87.2. The third kappa shape index (κ3) is 63.0. The number of allylic oxidation sites excluding steroid dienone is 16. The second-order valence-electron chi connectivity index (χ2n) is 21.6. The van der Waals surface area contributed by atoms with Gasteiger partial charge in [-0.1, -0.05) is 298 Å². The van der Waals surface area contributed by atoms with Crippen molar-refractivity contribution < 1.29 is 28.6 Å². The first-order valence-corrected chi connectivity index (χ1v) is 32.7.